The van der Waals surface area contributed by atoms with Crippen molar-refractivity contribution in [2.24, 2.45) is 5.92 Å². The molecule has 0 aliphatic carbocycles. The molecule has 574 valence electrons. The molecule has 0 bridgehead atoms. The van der Waals surface area contributed by atoms with Crippen LogP contribution in [0.25, 0.3) is 0 Å². The van der Waals surface area contributed by atoms with Crippen molar-refractivity contribution in [3.05, 3.63) is 34.4 Å². The molecule has 0 radical (unpaired) electrons. The molecule has 5 atom stereocenters. The first-order valence-corrected chi connectivity index (χ1v) is 38.0. The van der Waals surface area contributed by atoms with Crippen LogP contribution in [-0.4, -0.2) is 192 Å². The normalized spacial score (nSPS) is 30.4. The van der Waals surface area contributed by atoms with E-state index < -0.39 is 107 Å². The van der Waals surface area contributed by atoms with Crippen LogP contribution < -0.4 is 21.3 Å². The van der Waals surface area contributed by atoms with Gasteiger partial charge in [-0.1, -0.05) is 0 Å². The summed E-state index contributed by atoms with van der Waals surface area (Å²) in [5.74, 6) is -5.83. The zero-order chi connectivity index (χ0) is 76.0. The first kappa shape index (κ1) is 82.4. The summed E-state index contributed by atoms with van der Waals surface area (Å²) in [6.07, 6.45) is 5.04. The van der Waals surface area contributed by atoms with E-state index in [1.165, 1.54) is 6.07 Å². The van der Waals surface area contributed by atoms with E-state index >= 15 is 14.4 Å². The molecule has 0 amide bonds. The molecule has 1 aromatic carbocycles. The molecule has 8 rings (SSSR count). The van der Waals surface area contributed by atoms with Crippen LogP contribution in [0.15, 0.2) is 12.1 Å². The van der Waals surface area contributed by atoms with Gasteiger partial charge in [-0.15, -0.1) is 0 Å². The fourth-order valence-corrected chi connectivity index (χ4v) is 20.3. The fourth-order valence-electron chi connectivity index (χ4n) is 20.3. The van der Waals surface area contributed by atoms with Gasteiger partial charge in [0.2, 0.25) is 0 Å². The van der Waals surface area contributed by atoms with Crippen LogP contribution in [-0.2, 0) is 54.1 Å². The first-order valence-electron chi connectivity index (χ1n) is 38.0. The summed E-state index contributed by atoms with van der Waals surface area (Å²) in [5.41, 5.74) is -4.80. The van der Waals surface area contributed by atoms with Crippen LogP contribution in [0.4, 0.5) is 0 Å². The number of ether oxygens (including phenoxy) is 7. The predicted molar refractivity (Wildman–Crippen MR) is 396 cm³/mol. The van der Waals surface area contributed by atoms with Crippen molar-refractivity contribution in [3.63, 3.8) is 0 Å². The highest BCUT2D eigenvalue weighted by Crippen LogP contribution is 2.46. The lowest BCUT2D eigenvalue weighted by atomic mass is 9.71. The topological polar surface area (TPSA) is 225 Å². The van der Waals surface area contributed by atoms with Gasteiger partial charge in [-0.25, -0.2) is 14.4 Å². The molecular formula is C81H137N7O13. The van der Waals surface area contributed by atoms with E-state index in [0.717, 1.165) is 0 Å². The Morgan fingerprint density at radius 3 is 1.06 bits per heavy atom. The number of carbonyl (C=O) groups excluding carboxylic acids is 6. The molecule has 4 N–H and O–H groups in total. The summed E-state index contributed by atoms with van der Waals surface area (Å²) in [5, 5.41) is 15.0. The zero-order valence-electron chi connectivity index (χ0n) is 68.2. The van der Waals surface area contributed by atoms with Crippen LogP contribution in [0.3, 0.4) is 0 Å². The summed E-state index contributed by atoms with van der Waals surface area (Å²) in [6.45, 7) is 55.2. The molecule has 0 aromatic heterocycles. The van der Waals surface area contributed by atoms with Gasteiger partial charge in [-0.2, -0.15) is 0 Å². The second-order valence-electron chi connectivity index (χ2n) is 40.9. The smallest absolute Gasteiger partial charge is 0.339 e. The van der Waals surface area contributed by atoms with Crippen LogP contribution in [0.1, 0.15) is 326 Å². The molecule has 0 saturated carbocycles. The highest BCUT2D eigenvalue weighted by molar-refractivity contribution is 6.06. The van der Waals surface area contributed by atoms with E-state index in [4.69, 9.17) is 33.2 Å². The average Bonchev–Trinajstić information content (AvgIpc) is 0.770. The van der Waals surface area contributed by atoms with Crippen molar-refractivity contribution in [1.82, 2.24) is 36.0 Å². The van der Waals surface area contributed by atoms with Gasteiger partial charge in [-0.3, -0.25) is 29.1 Å². The maximum Gasteiger partial charge on any atom is 0.339 e. The number of nitrogens with one attached hydrogen (secondary N) is 4. The summed E-state index contributed by atoms with van der Waals surface area (Å²) in [4.78, 5) is 96.7. The summed E-state index contributed by atoms with van der Waals surface area (Å²) in [6, 6.07) is 3.10. The minimum atomic E-state index is -1.55. The maximum absolute atomic E-state index is 15.5. The maximum atomic E-state index is 15.5. The lowest BCUT2D eigenvalue weighted by Crippen LogP contribution is -2.64. The van der Waals surface area contributed by atoms with Crippen molar-refractivity contribution < 1.29 is 61.9 Å². The molecular weight excluding hydrogens is 1280 g/mol. The third kappa shape index (κ3) is 20.7. The second kappa shape index (κ2) is 28.5. The Morgan fingerprint density at radius 2 is 0.663 bits per heavy atom. The van der Waals surface area contributed by atoms with Gasteiger partial charge in [0.1, 0.15) is 36.6 Å². The predicted octanol–water partition coefficient (Wildman–Crippen LogP) is 13.2. The molecule has 7 aliphatic rings. The van der Waals surface area contributed by atoms with Crippen molar-refractivity contribution in [2.45, 2.75) is 416 Å². The molecule has 7 heterocycles. The minimum absolute atomic E-state index is 0.00846. The second-order valence-corrected chi connectivity index (χ2v) is 40.9. The van der Waals surface area contributed by atoms with Crippen molar-refractivity contribution in [3.8, 4) is 0 Å². The summed E-state index contributed by atoms with van der Waals surface area (Å²) in [7, 11) is 6.27. The third-order valence-corrected chi connectivity index (χ3v) is 24.4. The lowest BCUT2D eigenvalue weighted by molar-refractivity contribution is -0.182. The van der Waals surface area contributed by atoms with Gasteiger partial charge in [0, 0.05) is 155 Å². The largest absolute Gasteiger partial charge is 0.462 e. The molecule has 20 heteroatoms. The van der Waals surface area contributed by atoms with Crippen LogP contribution in [0, 0.1) is 5.92 Å². The van der Waals surface area contributed by atoms with Gasteiger partial charge in [0.25, 0.3) is 0 Å². The molecule has 1 aromatic rings. The SMILES string of the molecule is CN1C(C)(C)CC(OC(=O)CC(C(=O)OC2CC(C)(C)N(C)C(C)(C)C2)C(=O)OC2CC(C)(C)N(C)C(C)(CCC3(C)CC(OC(=O)c4cc(C(=O)OC5CC(C)(C)NC(C)(C)C5)c(COC5CC(C)(C)NC(C)(C)C5)cc4C(=O)OC4CC(C)(C)NC(C)(C)C4)CC(C)(C)N3)C2)CC1(C)C. The average molecular weight is 1420 g/mol. The van der Waals surface area contributed by atoms with E-state index in [1.807, 2.05) is 0 Å². The molecule has 20 nitrogen and oxygen atoms in total. The molecule has 7 fully saturated rings. The number of hydrogen-bond acceptors (Lipinski definition) is 20. The molecule has 0 spiro atoms. The number of nitrogens with zero attached hydrogens (tertiary/aromatic N) is 3. The van der Waals surface area contributed by atoms with Crippen LogP contribution in [0.5, 0.6) is 0 Å². The van der Waals surface area contributed by atoms with Gasteiger partial charge in [-0.05, 0) is 245 Å². The fraction of sp³-hybridized carbons (Fsp3) is 0.852. The Hall–Kier alpha value is -4.28. The van der Waals surface area contributed by atoms with Crippen molar-refractivity contribution in [1.29, 1.82) is 0 Å². The number of rotatable bonds is 19. The van der Waals surface area contributed by atoms with E-state index in [-0.39, 0.29) is 84.8 Å². The first-order chi connectivity index (χ1) is 45.6. The number of carbonyl (C=O) groups is 6. The van der Waals surface area contributed by atoms with Crippen molar-refractivity contribution >= 4 is 35.8 Å². The molecule has 7 saturated heterocycles. The number of esters is 6. The van der Waals surface area contributed by atoms with Gasteiger partial charge in [0.15, 0.2) is 5.92 Å². The monoisotopic (exact) mass is 1420 g/mol. The standard InChI is InChI=1S/C81H137N7O13/c1-68(2)35-51(36-69(3,4)82-68)95-49-50-32-59(64(91)98-53-39-72(9,10)84-73(11,12)40-53)60(33-58(50)63(90)97-52-37-70(5,6)83-71(7,8)38-52)65(92)99-54-41-74(13,14)85-80(25,47-54)30-31-81(26)48-57(46-79(23,24)88(81)29)101-67(94)61(66(93)100-56-44-77(19,20)87(28)78(21,22)45-56)34-62(89)96-55-42-75(15,16)86(27)76(17,18)43-55/h32-33,51-57,61,82-85H,30-31,34-49H2,1-29H3. The molecule has 5 unspecified atom stereocenters. The van der Waals surface area contributed by atoms with E-state index in [2.05, 4.69) is 237 Å². The van der Waals surface area contributed by atoms with Gasteiger partial charge < -0.3 is 54.4 Å². The number of hydrogen-bond donors (Lipinski definition) is 4. The minimum Gasteiger partial charge on any atom is -0.462 e. The van der Waals surface area contributed by atoms with E-state index in [0.29, 0.717) is 108 Å². The van der Waals surface area contributed by atoms with Crippen molar-refractivity contribution in [2.75, 3.05) is 21.1 Å². The molecule has 101 heavy (non-hydrogen) atoms. The highest BCUT2D eigenvalue weighted by Gasteiger charge is 2.53. The van der Waals surface area contributed by atoms with Crippen LogP contribution in [0.2, 0.25) is 0 Å². The quantitative estimate of drug-likeness (QED) is 0.0574. The Morgan fingerprint density at radius 1 is 0.356 bits per heavy atom. The number of piperidine rings is 7. The Labute approximate surface area is 608 Å². The van der Waals surface area contributed by atoms with E-state index in [1.54, 1.807) is 6.07 Å². The van der Waals surface area contributed by atoms with Crippen LogP contribution >= 0.6 is 0 Å². The number of benzene rings is 1. The molecule has 7 aliphatic heterocycles. The Bertz CT molecular complexity index is 3150. The van der Waals surface area contributed by atoms with E-state index in [9.17, 15) is 14.4 Å². The summed E-state index contributed by atoms with van der Waals surface area (Å²) >= 11 is 0. The van der Waals surface area contributed by atoms with Gasteiger partial charge >= 0.3 is 35.8 Å². The third-order valence-electron chi connectivity index (χ3n) is 24.4. The lowest BCUT2D eigenvalue weighted by Gasteiger charge is -2.56. The Kier molecular flexibility index (Phi) is 23.2. The summed E-state index contributed by atoms with van der Waals surface area (Å²) < 4.78 is 45.6. The Balaban J connectivity index is 1.06. The number of likely N-dealkylation sites (tertiary alicyclic amines) is 3. The van der Waals surface area contributed by atoms with Gasteiger partial charge in [0.05, 0.1) is 35.8 Å². The zero-order valence-corrected chi connectivity index (χ0v) is 68.2. The highest BCUT2D eigenvalue weighted by atomic mass is 16.6.